The van der Waals surface area contributed by atoms with Gasteiger partial charge in [0.15, 0.2) is 11.6 Å². The molecule has 0 aliphatic carbocycles. The summed E-state index contributed by atoms with van der Waals surface area (Å²) in [5.41, 5.74) is 0.474. The van der Waals surface area contributed by atoms with Crippen molar-refractivity contribution in [3.05, 3.63) is 45.6 Å². The molecule has 0 fully saturated rings. The molecular weight excluding hydrogens is 445 g/mol. The molecule has 23 heavy (non-hydrogen) atoms. The van der Waals surface area contributed by atoms with Crippen molar-refractivity contribution >= 4 is 47.2 Å². The molecule has 0 saturated heterocycles. The van der Waals surface area contributed by atoms with Gasteiger partial charge < -0.3 is 4.74 Å². The van der Waals surface area contributed by atoms with Crippen molar-refractivity contribution in [1.82, 2.24) is 3.97 Å². The molecule has 1 aromatic heterocycles. The van der Waals surface area contributed by atoms with Gasteiger partial charge in [0.25, 0.3) is 0 Å². The second-order valence-corrected chi connectivity index (χ2v) is 6.27. The van der Waals surface area contributed by atoms with E-state index in [1.807, 2.05) is 21.2 Å². The van der Waals surface area contributed by atoms with E-state index in [9.17, 15) is 23.7 Å². The molecule has 0 radical (unpaired) electrons. The molecular formula is C13H11F2IN2O4S. The maximum Gasteiger partial charge on any atom is 0.382 e. The Morgan fingerprint density at radius 2 is 2.26 bits per heavy atom. The Kier molecular flexibility index (Phi) is 5.79. The van der Waals surface area contributed by atoms with Gasteiger partial charge in [0, 0.05) is 46.8 Å². The first-order valence-corrected chi connectivity index (χ1v) is 9.79. The number of ether oxygens (including phenoxy) is 1. The molecule has 124 valence electrons. The Morgan fingerprint density at radius 1 is 1.57 bits per heavy atom. The molecule has 1 heterocycles. The monoisotopic (exact) mass is 456 g/mol. The van der Waals surface area contributed by atoms with E-state index in [4.69, 9.17) is 0 Å². The number of hydrogen-bond donors (Lipinski definition) is 0. The normalized spacial score (nSPS) is 12.3. The summed E-state index contributed by atoms with van der Waals surface area (Å²) in [5, 5.41) is 11.1. The molecule has 10 heteroatoms. The molecule has 0 aliphatic heterocycles. The zero-order chi connectivity index (χ0) is 17.1. The van der Waals surface area contributed by atoms with Crippen LogP contribution in [-0.2, 0) is 16.0 Å². The number of rotatable bonds is 6. The molecule has 0 N–H and O–H groups in total. The molecule has 2 aromatic rings. The summed E-state index contributed by atoms with van der Waals surface area (Å²) in [6.07, 6.45) is 1.14. The first-order valence-electron chi connectivity index (χ1n) is 6.47. The largest absolute Gasteiger partial charge is 0.461 e. The Morgan fingerprint density at radius 3 is 2.83 bits per heavy atom. The lowest BCUT2D eigenvalue weighted by Crippen LogP contribution is -2.33. The predicted octanol–water partition coefficient (Wildman–Crippen LogP) is 3.52. The number of carbonyl (C=O) groups is 1. The number of aromatic nitrogens is 1. The molecule has 0 spiro atoms. The number of benzene rings is 1. The highest BCUT2D eigenvalue weighted by atomic mass is 127. The smallest absolute Gasteiger partial charge is 0.382 e. The summed E-state index contributed by atoms with van der Waals surface area (Å²) < 4.78 is 33.9. The number of esters is 1. The maximum atomic E-state index is 13.9. The van der Waals surface area contributed by atoms with E-state index in [2.05, 4.69) is 4.74 Å². The third kappa shape index (κ3) is 3.57. The Balaban J connectivity index is 2.53. The average molecular weight is 456 g/mol. The molecule has 0 aliphatic rings. The molecule has 1 aromatic carbocycles. The molecule has 1 atom stereocenters. The summed E-state index contributed by atoms with van der Waals surface area (Å²) in [7, 11) is 1.20. The molecule has 1 unspecified atom stereocenters. The van der Waals surface area contributed by atoms with Crippen LogP contribution in [0.2, 0.25) is 0 Å². The highest BCUT2D eigenvalue weighted by Gasteiger charge is 2.33. The van der Waals surface area contributed by atoms with E-state index >= 15 is 0 Å². The lowest BCUT2D eigenvalue weighted by Gasteiger charge is -2.11. The number of fused-ring (bicyclic) bond motifs is 1. The zero-order valence-corrected chi connectivity index (χ0v) is 14.8. The highest BCUT2D eigenvalue weighted by molar-refractivity contribution is 14.2. The molecule has 0 saturated carbocycles. The summed E-state index contributed by atoms with van der Waals surface area (Å²) in [6, 6.07) is 0.594. The first kappa shape index (κ1) is 17.9. The average Bonchev–Trinajstić information content (AvgIpc) is 2.93. The Labute approximate surface area is 146 Å². The second-order valence-electron chi connectivity index (χ2n) is 4.56. The van der Waals surface area contributed by atoms with Gasteiger partial charge in [-0.1, -0.05) is 0 Å². The van der Waals surface area contributed by atoms with E-state index in [-0.39, 0.29) is 24.0 Å². The van der Waals surface area contributed by atoms with Crippen molar-refractivity contribution in [3.8, 4) is 0 Å². The lowest BCUT2D eigenvalue weighted by atomic mass is 10.0. The molecule has 2 rings (SSSR count). The SMILES string of the molecule is CCOC(=O)C(Cc1cc(F)c(F)c2ccn(SI)c12)[N+](=O)[O-]. The Hall–Kier alpha value is -1.43. The van der Waals surface area contributed by atoms with Gasteiger partial charge in [-0.3, -0.25) is 14.1 Å². The van der Waals surface area contributed by atoms with Crippen molar-refractivity contribution in [1.29, 1.82) is 0 Å². The quantitative estimate of drug-likeness (QED) is 0.288. The highest BCUT2D eigenvalue weighted by Crippen LogP contribution is 2.31. The number of carbonyl (C=O) groups excluding carboxylic acids is 1. The van der Waals surface area contributed by atoms with Crippen LogP contribution in [0.1, 0.15) is 12.5 Å². The fourth-order valence-corrected chi connectivity index (χ4v) is 3.60. The van der Waals surface area contributed by atoms with Gasteiger partial charge in [0.1, 0.15) is 0 Å². The minimum atomic E-state index is -1.68. The lowest BCUT2D eigenvalue weighted by molar-refractivity contribution is -0.510. The third-order valence-corrected chi connectivity index (χ3v) is 4.93. The third-order valence-electron chi connectivity index (χ3n) is 3.20. The van der Waals surface area contributed by atoms with Crippen molar-refractivity contribution in [2.75, 3.05) is 6.61 Å². The maximum absolute atomic E-state index is 13.9. The predicted molar refractivity (Wildman–Crippen MR) is 90.0 cm³/mol. The topological polar surface area (TPSA) is 74.4 Å². The molecule has 6 nitrogen and oxygen atoms in total. The van der Waals surface area contributed by atoms with Crippen LogP contribution in [-0.4, -0.2) is 27.5 Å². The van der Waals surface area contributed by atoms with Crippen LogP contribution in [0.4, 0.5) is 8.78 Å². The van der Waals surface area contributed by atoms with Gasteiger partial charge >= 0.3 is 12.0 Å². The minimum Gasteiger partial charge on any atom is -0.461 e. The second kappa shape index (κ2) is 7.43. The van der Waals surface area contributed by atoms with Gasteiger partial charge in [-0.25, -0.2) is 13.6 Å². The minimum absolute atomic E-state index is 0.00363. The summed E-state index contributed by atoms with van der Waals surface area (Å²) >= 11 is 1.95. The van der Waals surface area contributed by atoms with Gasteiger partial charge in [0.2, 0.25) is 0 Å². The van der Waals surface area contributed by atoms with Gasteiger partial charge in [-0.05, 0) is 24.6 Å². The van der Waals surface area contributed by atoms with Gasteiger partial charge in [0.05, 0.1) is 18.5 Å². The standard InChI is InChI=1S/C13H11F2IN2O4S/c1-2-22-13(19)10(18(20)21)6-7-5-9(14)11(15)8-3-4-17(23-16)12(7)8/h3-5,10H,2,6H2,1H3. The van der Waals surface area contributed by atoms with Gasteiger partial charge in [-0.15, -0.1) is 0 Å². The van der Waals surface area contributed by atoms with Crippen LogP contribution in [0.15, 0.2) is 18.3 Å². The summed E-state index contributed by atoms with van der Waals surface area (Å²) in [4.78, 5) is 22.1. The fourth-order valence-electron chi connectivity index (χ4n) is 2.22. The van der Waals surface area contributed by atoms with Crippen LogP contribution in [0, 0.1) is 21.7 Å². The van der Waals surface area contributed by atoms with Gasteiger partial charge in [-0.2, -0.15) is 0 Å². The summed E-state index contributed by atoms with van der Waals surface area (Å²) in [5.74, 6) is -3.15. The van der Waals surface area contributed by atoms with Crippen LogP contribution < -0.4 is 0 Å². The van der Waals surface area contributed by atoms with Crippen molar-refractivity contribution in [2.45, 2.75) is 19.4 Å². The van der Waals surface area contributed by atoms with Crippen LogP contribution in [0.3, 0.4) is 0 Å². The number of nitrogens with zero attached hydrogens (tertiary/aromatic N) is 2. The zero-order valence-electron chi connectivity index (χ0n) is 11.8. The van der Waals surface area contributed by atoms with Crippen molar-refractivity contribution < 1.29 is 23.2 Å². The van der Waals surface area contributed by atoms with E-state index in [0.29, 0.717) is 5.52 Å². The summed E-state index contributed by atoms with van der Waals surface area (Å²) in [6.45, 7) is 1.53. The number of halogens is 3. The Bertz CT molecular complexity index is 768. The van der Waals surface area contributed by atoms with Crippen LogP contribution in [0.25, 0.3) is 10.9 Å². The molecule has 0 amide bonds. The van der Waals surface area contributed by atoms with Crippen molar-refractivity contribution in [2.24, 2.45) is 0 Å². The van der Waals surface area contributed by atoms with E-state index in [1.54, 1.807) is 3.97 Å². The van der Waals surface area contributed by atoms with Crippen LogP contribution >= 0.6 is 30.3 Å². The van der Waals surface area contributed by atoms with E-state index in [0.717, 1.165) is 6.07 Å². The first-order chi connectivity index (χ1) is 10.9. The van der Waals surface area contributed by atoms with Crippen LogP contribution in [0.5, 0.6) is 0 Å². The molecule has 0 bridgehead atoms. The fraction of sp³-hybridized carbons (Fsp3) is 0.308. The number of hydrogen-bond acceptors (Lipinski definition) is 5. The van der Waals surface area contributed by atoms with E-state index < -0.39 is 28.6 Å². The van der Waals surface area contributed by atoms with E-state index in [1.165, 1.54) is 28.3 Å². The number of nitro groups is 1. The van der Waals surface area contributed by atoms with Crippen molar-refractivity contribution in [3.63, 3.8) is 0 Å².